The third kappa shape index (κ3) is 4.33. The zero-order chi connectivity index (χ0) is 13.7. The summed E-state index contributed by atoms with van der Waals surface area (Å²) in [6.45, 7) is 1.54. The van der Waals surface area contributed by atoms with Gasteiger partial charge in [0.15, 0.2) is 0 Å². The number of hydrogen-bond donors (Lipinski definition) is 1. The number of nitrogens with one attached hydrogen (secondary N) is 1. The number of anilines is 1. The Kier molecular flexibility index (Phi) is 5.65. The van der Waals surface area contributed by atoms with Crippen molar-refractivity contribution < 1.29 is 4.92 Å². The number of nitrogens with zero attached hydrogens (tertiary/aromatic N) is 2. The number of rotatable bonds is 6. The van der Waals surface area contributed by atoms with Crippen molar-refractivity contribution in [1.82, 2.24) is 4.90 Å². The summed E-state index contributed by atoms with van der Waals surface area (Å²) in [7, 11) is 3.95. The quantitative estimate of drug-likeness (QED) is 0.496. The first-order valence-corrected chi connectivity index (χ1v) is 6.19. The number of halogens is 2. The second-order valence-corrected chi connectivity index (χ2v) is 4.94. The highest BCUT2D eigenvalue weighted by atomic mass is 35.5. The van der Waals surface area contributed by atoms with E-state index in [0.717, 1.165) is 13.0 Å². The van der Waals surface area contributed by atoms with Crippen molar-refractivity contribution in [3.63, 3.8) is 0 Å². The van der Waals surface area contributed by atoms with E-state index in [-0.39, 0.29) is 10.7 Å². The fourth-order valence-corrected chi connectivity index (χ4v) is 1.77. The van der Waals surface area contributed by atoms with Crippen LogP contribution in [0.4, 0.5) is 11.4 Å². The van der Waals surface area contributed by atoms with Gasteiger partial charge in [-0.15, -0.1) is 0 Å². The SMILES string of the molecule is CN(C)CCCNc1cc(Cl)c(Cl)cc1[N+](=O)[O-]. The zero-order valence-corrected chi connectivity index (χ0v) is 11.8. The van der Waals surface area contributed by atoms with Crippen LogP contribution in [0.15, 0.2) is 12.1 Å². The van der Waals surface area contributed by atoms with E-state index < -0.39 is 4.92 Å². The van der Waals surface area contributed by atoms with Crippen molar-refractivity contribution in [2.75, 3.05) is 32.5 Å². The van der Waals surface area contributed by atoms with Crippen molar-refractivity contribution in [2.45, 2.75) is 6.42 Å². The average Bonchev–Trinajstić information content (AvgIpc) is 2.28. The molecule has 0 aliphatic heterocycles. The minimum atomic E-state index is -0.476. The van der Waals surface area contributed by atoms with E-state index in [1.54, 1.807) is 0 Å². The fourth-order valence-electron chi connectivity index (χ4n) is 1.45. The molecule has 1 N–H and O–H groups in total. The van der Waals surface area contributed by atoms with Gasteiger partial charge in [0.2, 0.25) is 0 Å². The van der Waals surface area contributed by atoms with Gasteiger partial charge in [-0.1, -0.05) is 23.2 Å². The van der Waals surface area contributed by atoms with Gasteiger partial charge in [0.25, 0.3) is 5.69 Å². The molecule has 0 saturated carbocycles. The monoisotopic (exact) mass is 291 g/mol. The molecule has 0 spiro atoms. The molecule has 0 bridgehead atoms. The van der Waals surface area contributed by atoms with Crippen LogP contribution in [0.2, 0.25) is 10.0 Å². The lowest BCUT2D eigenvalue weighted by Crippen LogP contribution is -2.16. The Morgan fingerprint density at radius 3 is 2.50 bits per heavy atom. The largest absolute Gasteiger partial charge is 0.379 e. The van der Waals surface area contributed by atoms with Gasteiger partial charge in [-0.25, -0.2) is 0 Å². The summed E-state index contributed by atoms with van der Waals surface area (Å²) in [5.41, 5.74) is 0.336. The molecular weight excluding hydrogens is 277 g/mol. The Hall–Kier alpha value is -1.04. The van der Waals surface area contributed by atoms with E-state index >= 15 is 0 Å². The highest BCUT2D eigenvalue weighted by Gasteiger charge is 2.16. The van der Waals surface area contributed by atoms with E-state index in [4.69, 9.17) is 23.2 Å². The molecule has 7 heteroatoms. The second kappa shape index (κ2) is 6.78. The minimum Gasteiger partial charge on any atom is -0.379 e. The van der Waals surface area contributed by atoms with Crippen molar-refractivity contribution >= 4 is 34.6 Å². The Bertz CT molecular complexity index is 439. The fraction of sp³-hybridized carbons (Fsp3) is 0.455. The van der Waals surface area contributed by atoms with Crippen LogP contribution in [0.25, 0.3) is 0 Å². The van der Waals surface area contributed by atoms with Crippen LogP contribution >= 0.6 is 23.2 Å². The van der Waals surface area contributed by atoms with E-state index in [1.165, 1.54) is 12.1 Å². The Morgan fingerprint density at radius 1 is 1.33 bits per heavy atom. The molecule has 18 heavy (non-hydrogen) atoms. The summed E-state index contributed by atoms with van der Waals surface area (Å²) in [6, 6.07) is 2.75. The van der Waals surface area contributed by atoms with E-state index in [2.05, 4.69) is 5.32 Å². The molecule has 0 fully saturated rings. The molecule has 1 aromatic carbocycles. The van der Waals surface area contributed by atoms with Gasteiger partial charge >= 0.3 is 0 Å². The van der Waals surface area contributed by atoms with Crippen molar-refractivity contribution in [2.24, 2.45) is 0 Å². The van der Waals surface area contributed by atoms with Gasteiger partial charge in [0, 0.05) is 12.6 Å². The normalized spacial score (nSPS) is 10.7. The zero-order valence-electron chi connectivity index (χ0n) is 10.2. The van der Waals surface area contributed by atoms with Gasteiger partial charge in [-0.2, -0.15) is 0 Å². The van der Waals surface area contributed by atoms with Crippen LogP contribution in [0.5, 0.6) is 0 Å². The lowest BCUT2D eigenvalue weighted by atomic mass is 10.2. The minimum absolute atomic E-state index is 0.0609. The molecule has 0 aromatic heterocycles. The van der Waals surface area contributed by atoms with Crippen LogP contribution in [0.1, 0.15) is 6.42 Å². The first-order valence-electron chi connectivity index (χ1n) is 5.44. The molecule has 0 atom stereocenters. The molecule has 0 aliphatic rings. The van der Waals surface area contributed by atoms with Gasteiger partial charge in [0.1, 0.15) is 5.69 Å². The lowest BCUT2D eigenvalue weighted by molar-refractivity contribution is -0.383. The molecule has 5 nitrogen and oxygen atoms in total. The topological polar surface area (TPSA) is 58.4 Å². The maximum Gasteiger partial charge on any atom is 0.293 e. The van der Waals surface area contributed by atoms with Crippen molar-refractivity contribution in [3.8, 4) is 0 Å². The number of nitro groups is 1. The van der Waals surface area contributed by atoms with Crippen LogP contribution in [0.3, 0.4) is 0 Å². The van der Waals surface area contributed by atoms with Gasteiger partial charge in [0.05, 0.1) is 15.0 Å². The standard InChI is InChI=1S/C11H15Cl2N3O2/c1-15(2)5-3-4-14-10-6-8(12)9(13)7-11(10)16(17)18/h6-7,14H,3-5H2,1-2H3. The number of benzene rings is 1. The Labute approximate surface area is 116 Å². The molecule has 1 aromatic rings. The third-order valence-corrected chi connectivity index (χ3v) is 3.06. The highest BCUT2D eigenvalue weighted by Crippen LogP contribution is 2.33. The summed E-state index contributed by atoms with van der Waals surface area (Å²) in [5.74, 6) is 0. The third-order valence-electron chi connectivity index (χ3n) is 2.33. The lowest BCUT2D eigenvalue weighted by Gasteiger charge is -2.11. The van der Waals surface area contributed by atoms with Crippen LogP contribution < -0.4 is 5.32 Å². The molecule has 0 radical (unpaired) electrons. The molecule has 0 unspecified atom stereocenters. The summed E-state index contributed by atoms with van der Waals surface area (Å²) in [5, 5.41) is 14.4. The summed E-state index contributed by atoms with van der Waals surface area (Å²) < 4.78 is 0. The first-order chi connectivity index (χ1) is 8.41. The molecule has 0 amide bonds. The second-order valence-electron chi connectivity index (χ2n) is 4.12. The summed E-state index contributed by atoms with van der Waals surface area (Å²) in [4.78, 5) is 12.5. The molecule has 0 aliphatic carbocycles. The smallest absolute Gasteiger partial charge is 0.293 e. The number of hydrogen-bond acceptors (Lipinski definition) is 4. The number of nitro benzene ring substituents is 1. The van der Waals surface area contributed by atoms with Crippen molar-refractivity contribution in [1.29, 1.82) is 0 Å². The van der Waals surface area contributed by atoms with E-state index in [1.807, 2.05) is 19.0 Å². The summed E-state index contributed by atoms with van der Waals surface area (Å²) >= 11 is 11.6. The average molecular weight is 292 g/mol. The molecule has 0 saturated heterocycles. The molecule has 100 valence electrons. The highest BCUT2D eigenvalue weighted by molar-refractivity contribution is 6.42. The van der Waals surface area contributed by atoms with Gasteiger partial charge < -0.3 is 10.2 Å². The Balaban J connectivity index is 2.74. The van der Waals surface area contributed by atoms with E-state index in [9.17, 15) is 10.1 Å². The maximum absolute atomic E-state index is 10.9. The predicted octanol–water partition coefficient (Wildman–Crippen LogP) is 3.27. The van der Waals surface area contributed by atoms with Gasteiger partial charge in [-0.3, -0.25) is 10.1 Å². The maximum atomic E-state index is 10.9. The van der Waals surface area contributed by atoms with Crippen LogP contribution in [-0.4, -0.2) is 37.0 Å². The molecule has 0 heterocycles. The summed E-state index contributed by atoms with van der Waals surface area (Å²) in [6.07, 6.45) is 0.879. The van der Waals surface area contributed by atoms with Crippen LogP contribution in [0, 0.1) is 10.1 Å². The first kappa shape index (κ1) is 15.0. The van der Waals surface area contributed by atoms with Crippen LogP contribution in [-0.2, 0) is 0 Å². The Morgan fingerprint density at radius 2 is 1.94 bits per heavy atom. The van der Waals surface area contributed by atoms with Gasteiger partial charge in [-0.05, 0) is 33.1 Å². The molecule has 1 rings (SSSR count). The predicted molar refractivity (Wildman–Crippen MR) is 74.8 cm³/mol. The van der Waals surface area contributed by atoms with Crippen molar-refractivity contribution in [3.05, 3.63) is 32.3 Å². The molecular formula is C11H15Cl2N3O2. The van der Waals surface area contributed by atoms with E-state index in [0.29, 0.717) is 17.3 Å².